The summed E-state index contributed by atoms with van der Waals surface area (Å²) < 4.78 is 22.1. The molecule has 1 aliphatic heterocycles. The number of hydrogen-bond acceptors (Lipinski definition) is 3. The first-order valence-electron chi connectivity index (χ1n) is 2.35. The lowest BCUT2D eigenvalue weighted by molar-refractivity contribution is 0.402. The van der Waals surface area contributed by atoms with Gasteiger partial charge in [0.2, 0.25) is 0 Å². The molecule has 0 aromatic carbocycles. The molecule has 0 saturated carbocycles. The summed E-state index contributed by atoms with van der Waals surface area (Å²) in [5, 5.41) is 2.93. The lowest BCUT2D eigenvalue weighted by Gasteiger charge is -2.28. The molecule has 1 unspecified atom stereocenters. The first-order chi connectivity index (χ1) is 3.79. The lowest BCUT2D eigenvalue weighted by Crippen LogP contribution is -2.55. The summed E-state index contributed by atoms with van der Waals surface area (Å²) in [7, 11) is 0. The van der Waals surface area contributed by atoms with Crippen molar-refractivity contribution in [1.82, 2.24) is 10.0 Å². The zero-order valence-electron chi connectivity index (χ0n) is 4.22. The van der Waals surface area contributed by atoms with E-state index in [0.29, 0.717) is 0 Å². The standard InChI is InChI=1S/C3H8N2O2S/c6-8(7)5-3-1-4-2-3/h3-5H,1-2H2,(H,6,7)/p-1. The minimum absolute atomic E-state index is 0.133. The van der Waals surface area contributed by atoms with Crippen LogP contribution in [0.15, 0.2) is 0 Å². The Morgan fingerprint density at radius 3 is 2.50 bits per heavy atom. The zero-order chi connectivity index (χ0) is 5.98. The third-order valence-electron chi connectivity index (χ3n) is 1.04. The second kappa shape index (κ2) is 2.54. The van der Waals surface area contributed by atoms with E-state index >= 15 is 0 Å². The van der Waals surface area contributed by atoms with Crippen LogP contribution in [0.4, 0.5) is 0 Å². The molecule has 8 heavy (non-hydrogen) atoms. The Morgan fingerprint density at radius 1 is 1.75 bits per heavy atom. The fourth-order valence-electron chi connectivity index (χ4n) is 0.508. The molecule has 0 amide bonds. The highest BCUT2D eigenvalue weighted by Crippen LogP contribution is 1.89. The van der Waals surface area contributed by atoms with Crippen LogP contribution in [0.5, 0.6) is 0 Å². The van der Waals surface area contributed by atoms with Gasteiger partial charge in [-0.3, -0.25) is 4.21 Å². The Morgan fingerprint density at radius 2 is 2.38 bits per heavy atom. The predicted molar refractivity (Wildman–Crippen MR) is 28.7 cm³/mol. The molecule has 1 rings (SSSR count). The number of nitrogens with one attached hydrogen (secondary N) is 2. The van der Waals surface area contributed by atoms with Crippen molar-refractivity contribution in [2.45, 2.75) is 6.04 Å². The number of rotatable bonds is 2. The molecule has 4 nitrogen and oxygen atoms in total. The molecule has 0 spiro atoms. The van der Waals surface area contributed by atoms with Crippen LogP contribution in [0.1, 0.15) is 0 Å². The van der Waals surface area contributed by atoms with Gasteiger partial charge in [0.25, 0.3) is 0 Å². The van der Waals surface area contributed by atoms with Gasteiger partial charge in [-0.1, -0.05) is 0 Å². The van der Waals surface area contributed by atoms with E-state index in [4.69, 9.17) is 0 Å². The Bertz CT molecular complexity index is 103. The molecule has 48 valence electrons. The molecule has 0 aromatic rings. The second-order valence-corrected chi connectivity index (χ2v) is 2.41. The van der Waals surface area contributed by atoms with Gasteiger partial charge >= 0.3 is 0 Å². The van der Waals surface area contributed by atoms with E-state index < -0.39 is 11.3 Å². The summed E-state index contributed by atoms with van der Waals surface area (Å²) in [5.74, 6) is 0. The van der Waals surface area contributed by atoms with E-state index in [9.17, 15) is 8.76 Å². The molecule has 0 aliphatic carbocycles. The SMILES string of the molecule is O=S([O-])NC1CNC1. The summed E-state index contributed by atoms with van der Waals surface area (Å²) in [5.41, 5.74) is 0. The zero-order valence-corrected chi connectivity index (χ0v) is 5.03. The highest BCUT2D eigenvalue weighted by molar-refractivity contribution is 7.77. The first kappa shape index (κ1) is 6.15. The Hall–Kier alpha value is 0.0300. The van der Waals surface area contributed by atoms with Gasteiger partial charge in [0.1, 0.15) is 0 Å². The van der Waals surface area contributed by atoms with Gasteiger partial charge in [0, 0.05) is 30.4 Å². The van der Waals surface area contributed by atoms with Crippen LogP contribution in [0.25, 0.3) is 0 Å². The molecular formula is C3H7N2O2S-. The third-order valence-corrected chi connectivity index (χ3v) is 1.57. The summed E-state index contributed by atoms with van der Waals surface area (Å²) in [4.78, 5) is 0. The highest BCUT2D eigenvalue weighted by atomic mass is 32.2. The molecule has 1 saturated heterocycles. The quantitative estimate of drug-likeness (QED) is 0.445. The van der Waals surface area contributed by atoms with E-state index in [0.717, 1.165) is 13.1 Å². The average Bonchev–Trinajstić information content (AvgIpc) is 1.55. The Balaban J connectivity index is 2.09. The fraction of sp³-hybridized carbons (Fsp3) is 1.00. The maximum atomic E-state index is 9.86. The highest BCUT2D eigenvalue weighted by Gasteiger charge is 2.14. The van der Waals surface area contributed by atoms with Gasteiger partial charge < -0.3 is 9.87 Å². The lowest BCUT2D eigenvalue weighted by atomic mass is 10.2. The molecule has 2 N–H and O–H groups in total. The van der Waals surface area contributed by atoms with Crippen molar-refractivity contribution in [2.24, 2.45) is 0 Å². The van der Waals surface area contributed by atoms with Crippen LogP contribution < -0.4 is 10.0 Å². The summed E-state index contributed by atoms with van der Waals surface area (Å²) in [6, 6.07) is 0.133. The van der Waals surface area contributed by atoms with Gasteiger partial charge in [-0.2, -0.15) is 0 Å². The molecule has 1 aliphatic rings. The van der Waals surface area contributed by atoms with Crippen LogP contribution in [-0.2, 0) is 11.3 Å². The van der Waals surface area contributed by atoms with Crippen molar-refractivity contribution < 1.29 is 8.76 Å². The molecule has 5 heteroatoms. The van der Waals surface area contributed by atoms with Gasteiger partial charge in [-0.25, -0.2) is 4.72 Å². The molecule has 0 aromatic heterocycles. The largest absolute Gasteiger partial charge is 0.760 e. The molecule has 0 bridgehead atoms. The maximum absolute atomic E-state index is 9.86. The summed E-state index contributed by atoms with van der Waals surface area (Å²) >= 11 is -2.08. The van der Waals surface area contributed by atoms with Crippen molar-refractivity contribution in [3.05, 3.63) is 0 Å². The van der Waals surface area contributed by atoms with Crippen LogP contribution in [0.2, 0.25) is 0 Å². The molecular weight excluding hydrogens is 128 g/mol. The van der Waals surface area contributed by atoms with E-state index in [1.54, 1.807) is 0 Å². The van der Waals surface area contributed by atoms with Crippen LogP contribution in [0, 0.1) is 0 Å². The Kier molecular flexibility index (Phi) is 1.95. The van der Waals surface area contributed by atoms with Gasteiger partial charge in [0.15, 0.2) is 0 Å². The second-order valence-electron chi connectivity index (χ2n) is 1.71. The topological polar surface area (TPSA) is 64.2 Å². The predicted octanol–water partition coefficient (Wildman–Crippen LogP) is -1.66. The normalized spacial score (nSPS) is 24.6. The smallest absolute Gasteiger partial charge is 0.0433 e. The van der Waals surface area contributed by atoms with E-state index in [2.05, 4.69) is 10.0 Å². The fourth-order valence-corrected chi connectivity index (χ4v) is 0.947. The molecule has 0 radical (unpaired) electrons. The minimum atomic E-state index is -2.08. The Labute approximate surface area is 50.1 Å². The minimum Gasteiger partial charge on any atom is -0.760 e. The molecule has 1 fully saturated rings. The maximum Gasteiger partial charge on any atom is 0.0433 e. The summed E-state index contributed by atoms with van der Waals surface area (Å²) in [6.45, 7) is 1.52. The monoisotopic (exact) mass is 135 g/mol. The average molecular weight is 135 g/mol. The third kappa shape index (κ3) is 1.52. The van der Waals surface area contributed by atoms with Crippen molar-refractivity contribution in [2.75, 3.05) is 13.1 Å². The van der Waals surface area contributed by atoms with Crippen LogP contribution >= 0.6 is 0 Å². The first-order valence-corrected chi connectivity index (χ1v) is 3.42. The number of hydrogen-bond donors (Lipinski definition) is 2. The van der Waals surface area contributed by atoms with E-state index in [-0.39, 0.29) is 6.04 Å². The molecule has 1 heterocycles. The van der Waals surface area contributed by atoms with Crippen molar-refractivity contribution in [3.63, 3.8) is 0 Å². The molecule has 1 atom stereocenters. The summed E-state index contributed by atoms with van der Waals surface area (Å²) in [6.07, 6.45) is 0. The van der Waals surface area contributed by atoms with Gasteiger partial charge in [-0.15, -0.1) is 0 Å². The van der Waals surface area contributed by atoms with Crippen LogP contribution in [-0.4, -0.2) is 27.9 Å². The van der Waals surface area contributed by atoms with Crippen molar-refractivity contribution in [1.29, 1.82) is 0 Å². The van der Waals surface area contributed by atoms with Gasteiger partial charge in [-0.05, 0) is 0 Å². The van der Waals surface area contributed by atoms with Crippen molar-refractivity contribution >= 4 is 11.3 Å². The van der Waals surface area contributed by atoms with E-state index in [1.165, 1.54) is 0 Å². The van der Waals surface area contributed by atoms with Crippen molar-refractivity contribution in [3.8, 4) is 0 Å². The van der Waals surface area contributed by atoms with Crippen LogP contribution in [0.3, 0.4) is 0 Å². The van der Waals surface area contributed by atoms with E-state index in [1.807, 2.05) is 0 Å². The van der Waals surface area contributed by atoms with Gasteiger partial charge in [0.05, 0.1) is 0 Å².